The molecule has 0 radical (unpaired) electrons. The Morgan fingerprint density at radius 3 is 2.33 bits per heavy atom. The van der Waals surface area contributed by atoms with Crippen LogP contribution >= 0.6 is 0 Å². The number of aliphatic hydroxyl groups excluding tert-OH is 1. The molecule has 1 aromatic carbocycles. The number of likely N-dealkylation sites (tertiary alicyclic amines) is 1. The summed E-state index contributed by atoms with van der Waals surface area (Å²) in [6, 6.07) is 14.7. The molecule has 1 aromatic heterocycles. The van der Waals surface area contributed by atoms with Gasteiger partial charge in [-0.1, -0.05) is 36.4 Å². The largest absolute Gasteiger partial charge is 0.490 e. The van der Waals surface area contributed by atoms with Crippen molar-refractivity contribution >= 4 is 5.97 Å². The minimum Gasteiger partial charge on any atom is -0.475 e. The molecule has 1 aliphatic heterocycles. The summed E-state index contributed by atoms with van der Waals surface area (Å²) >= 11 is 0. The van der Waals surface area contributed by atoms with Crippen LogP contribution in [0.2, 0.25) is 0 Å². The van der Waals surface area contributed by atoms with E-state index in [-0.39, 0.29) is 12.1 Å². The average Bonchev–Trinajstić information content (AvgIpc) is 2.96. The Hall–Kier alpha value is -2.45. The van der Waals surface area contributed by atoms with Gasteiger partial charge in [-0.3, -0.25) is 9.88 Å². The number of halogens is 3. The van der Waals surface area contributed by atoms with Crippen molar-refractivity contribution in [2.24, 2.45) is 0 Å². The predicted molar refractivity (Wildman–Crippen MR) is 92.9 cm³/mol. The highest BCUT2D eigenvalue weighted by Crippen LogP contribution is 2.23. The van der Waals surface area contributed by atoms with E-state index in [0.717, 1.165) is 25.9 Å². The maximum absolute atomic E-state index is 10.6. The lowest BCUT2D eigenvalue weighted by atomic mass is 10.0. The van der Waals surface area contributed by atoms with E-state index < -0.39 is 12.1 Å². The Bertz CT molecular complexity index is 711. The molecule has 8 heteroatoms. The van der Waals surface area contributed by atoms with Gasteiger partial charge in [0.2, 0.25) is 0 Å². The smallest absolute Gasteiger partial charge is 0.475 e. The Kier molecular flexibility index (Phi) is 7.32. The van der Waals surface area contributed by atoms with Crippen LogP contribution in [0.25, 0.3) is 0 Å². The van der Waals surface area contributed by atoms with Crippen LogP contribution in [0, 0.1) is 0 Å². The first-order valence-corrected chi connectivity index (χ1v) is 8.42. The molecule has 0 unspecified atom stereocenters. The first-order valence-electron chi connectivity index (χ1n) is 8.42. The van der Waals surface area contributed by atoms with E-state index in [1.165, 1.54) is 11.1 Å². The van der Waals surface area contributed by atoms with E-state index in [0.29, 0.717) is 0 Å². The third-order valence-electron chi connectivity index (χ3n) is 4.26. The summed E-state index contributed by atoms with van der Waals surface area (Å²) in [4.78, 5) is 15.4. The summed E-state index contributed by atoms with van der Waals surface area (Å²) in [7, 11) is 0. The van der Waals surface area contributed by atoms with E-state index in [2.05, 4.69) is 40.2 Å². The van der Waals surface area contributed by atoms with Gasteiger partial charge in [-0.25, -0.2) is 4.79 Å². The van der Waals surface area contributed by atoms with Crippen molar-refractivity contribution in [3.05, 3.63) is 66.0 Å². The third-order valence-corrected chi connectivity index (χ3v) is 4.26. The van der Waals surface area contributed by atoms with Crippen LogP contribution in [0.1, 0.15) is 17.5 Å². The van der Waals surface area contributed by atoms with Gasteiger partial charge in [0.25, 0.3) is 0 Å². The van der Waals surface area contributed by atoms with Gasteiger partial charge >= 0.3 is 12.1 Å². The Balaban J connectivity index is 0.000000321. The van der Waals surface area contributed by atoms with E-state index >= 15 is 0 Å². The number of carbonyl (C=O) groups is 1. The maximum Gasteiger partial charge on any atom is 0.490 e. The number of nitrogens with zero attached hydrogens (tertiary/aromatic N) is 2. The zero-order valence-electron chi connectivity index (χ0n) is 14.5. The zero-order valence-corrected chi connectivity index (χ0v) is 14.5. The van der Waals surface area contributed by atoms with Gasteiger partial charge in [0, 0.05) is 31.5 Å². The van der Waals surface area contributed by atoms with E-state index in [9.17, 15) is 18.3 Å². The number of aromatic nitrogens is 1. The third kappa shape index (κ3) is 6.65. The normalized spacial score (nSPS) is 20.0. The highest BCUT2D eigenvalue weighted by Gasteiger charge is 2.38. The van der Waals surface area contributed by atoms with Gasteiger partial charge in [-0.05, 0) is 30.0 Å². The molecule has 0 spiro atoms. The number of aliphatic hydroxyl groups is 1. The summed E-state index contributed by atoms with van der Waals surface area (Å²) < 4.78 is 31.7. The molecule has 3 rings (SSSR count). The van der Waals surface area contributed by atoms with Crippen LogP contribution in [0.15, 0.2) is 54.9 Å². The molecule has 5 nitrogen and oxygen atoms in total. The second-order valence-electron chi connectivity index (χ2n) is 6.25. The van der Waals surface area contributed by atoms with Crippen molar-refractivity contribution in [2.45, 2.75) is 37.7 Å². The first kappa shape index (κ1) is 20.9. The number of carboxylic acids is 1. The van der Waals surface area contributed by atoms with Gasteiger partial charge in [0.1, 0.15) is 0 Å². The number of hydrogen-bond acceptors (Lipinski definition) is 4. The number of carboxylic acid groups (broad SMARTS) is 1. The first-order chi connectivity index (χ1) is 12.8. The number of hydrogen-bond donors (Lipinski definition) is 2. The lowest BCUT2D eigenvalue weighted by Crippen LogP contribution is -2.36. The summed E-state index contributed by atoms with van der Waals surface area (Å²) in [5.41, 5.74) is 2.49. The minimum atomic E-state index is -5.08. The lowest BCUT2D eigenvalue weighted by Gasteiger charge is -2.26. The number of pyridine rings is 1. The minimum absolute atomic E-state index is 0.206. The topological polar surface area (TPSA) is 73.7 Å². The van der Waals surface area contributed by atoms with Crippen LogP contribution < -0.4 is 0 Å². The standard InChI is InChI=1S/C17H20N2O.C2HF3O2/c20-17-8-10-19(13-15-7-4-9-18-12-15)16(17)11-14-5-2-1-3-6-14;3-2(4,5)1(6)7/h1-7,9,12,16-17,20H,8,10-11,13H2;(H,6,7)/t16-,17+;/m0./s1. The van der Waals surface area contributed by atoms with Crippen LogP contribution in [-0.2, 0) is 17.8 Å². The van der Waals surface area contributed by atoms with E-state index in [1.807, 2.05) is 18.3 Å². The maximum atomic E-state index is 10.6. The molecular weight excluding hydrogens is 361 g/mol. The molecule has 146 valence electrons. The van der Waals surface area contributed by atoms with Gasteiger partial charge in [-0.2, -0.15) is 13.2 Å². The fraction of sp³-hybridized carbons (Fsp3) is 0.368. The summed E-state index contributed by atoms with van der Waals surface area (Å²) in [5, 5.41) is 17.4. The summed E-state index contributed by atoms with van der Waals surface area (Å²) in [6.45, 7) is 1.82. The second-order valence-corrected chi connectivity index (χ2v) is 6.25. The molecule has 2 heterocycles. The molecule has 27 heavy (non-hydrogen) atoms. The molecular formula is C19H21F3N2O3. The highest BCUT2D eigenvalue weighted by molar-refractivity contribution is 5.73. The van der Waals surface area contributed by atoms with Crippen LogP contribution in [0.5, 0.6) is 0 Å². The molecule has 2 atom stereocenters. The van der Waals surface area contributed by atoms with Crippen molar-refractivity contribution in [3.8, 4) is 0 Å². The van der Waals surface area contributed by atoms with Crippen molar-refractivity contribution < 1.29 is 28.2 Å². The number of alkyl halides is 3. The van der Waals surface area contributed by atoms with Gasteiger partial charge < -0.3 is 10.2 Å². The van der Waals surface area contributed by atoms with Crippen molar-refractivity contribution in [1.29, 1.82) is 0 Å². The molecule has 0 aliphatic carbocycles. The molecule has 0 amide bonds. The molecule has 0 bridgehead atoms. The fourth-order valence-corrected chi connectivity index (χ4v) is 2.94. The van der Waals surface area contributed by atoms with Gasteiger partial charge in [0.15, 0.2) is 0 Å². The molecule has 2 N–H and O–H groups in total. The van der Waals surface area contributed by atoms with Gasteiger partial charge in [0.05, 0.1) is 6.10 Å². The van der Waals surface area contributed by atoms with Crippen molar-refractivity contribution in [3.63, 3.8) is 0 Å². The fourth-order valence-electron chi connectivity index (χ4n) is 2.94. The second kappa shape index (κ2) is 9.48. The monoisotopic (exact) mass is 382 g/mol. The van der Waals surface area contributed by atoms with Crippen LogP contribution in [0.3, 0.4) is 0 Å². The van der Waals surface area contributed by atoms with Crippen molar-refractivity contribution in [2.75, 3.05) is 6.54 Å². The van der Waals surface area contributed by atoms with Crippen LogP contribution in [-0.4, -0.2) is 50.9 Å². The molecule has 2 aromatic rings. The number of rotatable bonds is 4. The number of benzene rings is 1. The van der Waals surface area contributed by atoms with Gasteiger partial charge in [-0.15, -0.1) is 0 Å². The van der Waals surface area contributed by atoms with E-state index in [1.54, 1.807) is 6.20 Å². The van der Waals surface area contributed by atoms with E-state index in [4.69, 9.17) is 9.90 Å². The quantitative estimate of drug-likeness (QED) is 0.851. The predicted octanol–water partition coefficient (Wildman–Crippen LogP) is 2.89. The lowest BCUT2D eigenvalue weighted by molar-refractivity contribution is -0.192. The molecule has 1 fully saturated rings. The zero-order chi connectivity index (χ0) is 19.9. The summed E-state index contributed by atoms with van der Waals surface area (Å²) in [6.07, 6.45) is 0.153. The number of aliphatic carboxylic acids is 1. The Labute approximate surface area is 155 Å². The Morgan fingerprint density at radius 2 is 1.78 bits per heavy atom. The molecule has 1 aliphatic rings. The molecule has 0 saturated carbocycles. The molecule has 1 saturated heterocycles. The summed E-state index contributed by atoms with van der Waals surface area (Å²) in [5.74, 6) is -2.76. The van der Waals surface area contributed by atoms with Crippen molar-refractivity contribution in [1.82, 2.24) is 9.88 Å². The van der Waals surface area contributed by atoms with Crippen LogP contribution in [0.4, 0.5) is 13.2 Å². The average molecular weight is 382 g/mol. The highest BCUT2D eigenvalue weighted by atomic mass is 19.4. The Morgan fingerprint density at radius 1 is 1.15 bits per heavy atom. The SMILES string of the molecule is O=C(O)C(F)(F)F.O[C@@H]1CCN(Cc2cccnc2)[C@H]1Cc1ccccc1.